The topological polar surface area (TPSA) is 49.4 Å². The predicted octanol–water partition coefficient (Wildman–Crippen LogP) is 2.48. The van der Waals surface area contributed by atoms with Crippen LogP contribution in [-0.2, 0) is 9.59 Å². The minimum atomic E-state index is -0.826. The zero-order valence-electron chi connectivity index (χ0n) is 12.5. The molecule has 0 heterocycles. The van der Waals surface area contributed by atoms with Gasteiger partial charge in [0.2, 0.25) is 11.8 Å². The van der Waals surface area contributed by atoms with Gasteiger partial charge in [-0.1, -0.05) is 19.9 Å². The lowest BCUT2D eigenvalue weighted by molar-refractivity contribution is -0.121. The van der Waals surface area contributed by atoms with E-state index in [2.05, 4.69) is 5.32 Å². The number of hydrogen-bond donors (Lipinski definition) is 1. The van der Waals surface area contributed by atoms with Gasteiger partial charge in [0, 0.05) is 26.4 Å². The maximum atomic E-state index is 13.7. The first-order valence-electron chi connectivity index (χ1n) is 6.81. The number of carbonyl (C=O) groups is 2. The Morgan fingerprint density at radius 2 is 1.81 bits per heavy atom. The second kappa shape index (κ2) is 7.71. The van der Waals surface area contributed by atoms with Crippen molar-refractivity contribution in [3.63, 3.8) is 0 Å². The molecule has 1 aromatic rings. The Hall–Kier alpha value is -1.98. The number of para-hydroxylation sites is 1. The number of hydrogen-bond acceptors (Lipinski definition) is 2. The molecule has 0 unspecified atom stereocenters. The largest absolute Gasteiger partial charge is 0.356 e. The summed E-state index contributed by atoms with van der Waals surface area (Å²) in [5, 5.41) is 2.69. The summed E-state index contributed by atoms with van der Waals surface area (Å²) >= 11 is 0. The second-order valence-corrected chi connectivity index (χ2v) is 5.19. The Labute approximate surface area is 123 Å². The molecule has 1 rings (SSSR count). The maximum absolute atomic E-state index is 13.7. The van der Waals surface area contributed by atoms with E-state index in [1.54, 1.807) is 0 Å². The van der Waals surface area contributed by atoms with E-state index in [9.17, 15) is 18.4 Å². The molecule has 0 radical (unpaired) electrons. The minimum absolute atomic E-state index is 0.0138. The van der Waals surface area contributed by atoms with Crippen molar-refractivity contribution in [2.24, 2.45) is 5.92 Å². The Morgan fingerprint density at radius 3 is 2.29 bits per heavy atom. The molecule has 4 nitrogen and oxygen atoms in total. The highest BCUT2D eigenvalue weighted by Crippen LogP contribution is 2.23. The number of anilines is 1. The molecule has 0 aliphatic heterocycles. The van der Waals surface area contributed by atoms with E-state index in [1.165, 1.54) is 13.0 Å². The molecule has 0 aliphatic rings. The number of nitrogens with one attached hydrogen (secondary N) is 1. The van der Waals surface area contributed by atoms with Crippen LogP contribution in [0.1, 0.15) is 27.2 Å². The van der Waals surface area contributed by atoms with E-state index >= 15 is 0 Å². The molecular weight excluding hydrogens is 278 g/mol. The van der Waals surface area contributed by atoms with Gasteiger partial charge in [0.1, 0.15) is 17.3 Å². The van der Waals surface area contributed by atoms with Crippen molar-refractivity contribution in [2.45, 2.75) is 27.2 Å². The number of halogens is 2. The van der Waals surface area contributed by atoms with E-state index in [1.807, 2.05) is 13.8 Å². The summed E-state index contributed by atoms with van der Waals surface area (Å²) in [5.41, 5.74) is -0.415. The van der Waals surface area contributed by atoms with Crippen LogP contribution in [0.3, 0.4) is 0 Å². The molecule has 21 heavy (non-hydrogen) atoms. The summed E-state index contributed by atoms with van der Waals surface area (Å²) in [7, 11) is 0. The summed E-state index contributed by atoms with van der Waals surface area (Å²) in [4.78, 5) is 24.2. The third-order valence-corrected chi connectivity index (χ3v) is 2.86. The standard InChI is InChI=1S/C15H20F2N2O2/c1-10(2)9-18-14(21)7-8-19(11(3)20)15-12(16)5-4-6-13(15)17/h4-6,10H,7-9H2,1-3H3,(H,18,21). The Balaban J connectivity index is 2.76. The molecule has 0 aliphatic carbocycles. The second-order valence-electron chi connectivity index (χ2n) is 5.19. The molecular formula is C15H20F2N2O2. The molecule has 0 fully saturated rings. The molecule has 0 aromatic heterocycles. The number of amides is 2. The van der Waals surface area contributed by atoms with Gasteiger partial charge >= 0.3 is 0 Å². The first-order valence-corrected chi connectivity index (χ1v) is 6.81. The maximum Gasteiger partial charge on any atom is 0.224 e. The lowest BCUT2D eigenvalue weighted by Crippen LogP contribution is -2.35. The monoisotopic (exact) mass is 298 g/mol. The van der Waals surface area contributed by atoms with Gasteiger partial charge in [-0.15, -0.1) is 0 Å². The highest BCUT2D eigenvalue weighted by molar-refractivity contribution is 5.92. The average molecular weight is 298 g/mol. The lowest BCUT2D eigenvalue weighted by atomic mass is 10.2. The van der Waals surface area contributed by atoms with Gasteiger partial charge in [0.25, 0.3) is 0 Å². The highest BCUT2D eigenvalue weighted by atomic mass is 19.1. The minimum Gasteiger partial charge on any atom is -0.356 e. The van der Waals surface area contributed by atoms with Gasteiger partial charge in [-0.2, -0.15) is 0 Å². The van der Waals surface area contributed by atoms with Crippen LogP contribution in [0.15, 0.2) is 18.2 Å². The molecule has 0 atom stereocenters. The highest BCUT2D eigenvalue weighted by Gasteiger charge is 2.20. The molecule has 0 saturated heterocycles. The van der Waals surface area contributed by atoms with Gasteiger partial charge in [-0.3, -0.25) is 9.59 Å². The van der Waals surface area contributed by atoms with E-state index in [-0.39, 0.29) is 18.9 Å². The normalized spacial score (nSPS) is 10.6. The van der Waals surface area contributed by atoms with Gasteiger partial charge in [-0.25, -0.2) is 8.78 Å². The average Bonchev–Trinajstić information content (AvgIpc) is 2.39. The van der Waals surface area contributed by atoms with E-state index < -0.39 is 23.2 Å². The van der Waals surface area contributed by atoms with Crippen molar-refractivity contribution in [1.29, 1.82) is 0 Å². The van der Waals surface area contributed by atoms with Crippen LogP contribution in [-0.4, -0.2) is 24.9 Å². The summed E-state index contributed by atoms with van der Waals surface area (Å²) in [6.45, 7) is 5.57. The van der Waals surface area contributed by atoms with Crippen molar-refractivity contribution in [2.75, 3.05) is 18.0 Å². The fourth-order valence-electron chi connectivity index (χ4n) is 1.79. The van der Waals surface area contributed by atoms with Crippen molar-refractivity contribution < 1.29 is 18.4 Å². The van der Waals surface area contributed by atoms with Gasteiger partial charge in [0.05, 0.1) is 0 Å². The summed E-state index contributed by atoms with van der Waals surface area (Å²) in [6, 6.07) is 3.38. The molecule has 0 bridgehead atoms. The van der Waals surface area contributed by atoms with Crippen molar-refractivity contribution >= 4 is 17.5 Å². The quantitative estimate of drug-likeness (QED) is 0.877. The van der Waals surface area contributed by atoms with Crippen LogP contribution in [0.2, 0.25) is 0 Å². The van der Waals surface area contributed by atoms with E-state index in [4.69, 9.17) is 0 Å². The number of rotatable bonds is 6. The van der Waals surface area contributed by atoms with Crippen LogP contribution in [0, 0.1) is 17.6 Å². The van der Waals surface area contributed by atoms with Crippen LogP contribution in [0.25, 0.3) is 0 Å². The molecule has 0 spiro atoms. The van der Waals surface area contributed by atoms with Gasteiger partial charge in [0.15, 0.2) is 0 Å². The van der Waals surface area contributed by atoms with Crippen molar-refractivity contribution in [3.05, 3.63) is 29.8 Å². The van der Waals surface area contributed by atoms with Crippen LogP contribution in [0.4, 0.5) is 14.5 Å². The fraction of sp³-hybridized carbons (Fsp3) is 0.467. The van der Waals surface area contributed by atoms with Crippen molar-refractivity contribution in [1.82, 2.24) is 5.32 Å². The summed E-state index contributed by atoms with van der Waals surface area (Å²) in [6.07, 6.45) is -0.0138. The molecule has 1 N–H and O–H groups in total. The third kappa shape index (κ3) is 5.13. The van der Waals surface area contributed by atoms with E-state index in [0.717, 1.165) is 17.0 Å². The summed E-state index contributed by atoms with van der Waals surface area (Å²) < 4.78 is 27.4. The molecule has 0 saturated carbocycles. The number of nitrogens with zero attached hydrogens (tertiary/aromatic N) is 1. The first kappa shape index (κ1) is 17.1. The Kier molecular flexibility index (Phi) is 6.27. The lowest BCUT2D eigenvalue weighted by Gasteiger charge is -2.22. The van der Waals surface area contributed by atoms with Crippen LogP contribution in [0.5, 0.6) is 0 Å². The predicted molar refractivity (Wildman–Crippen MR) is 76.8 cm³/mol. The van der Waals surface area contributed by atoms with E-state index in [0.29, 0.717) is 12.5 Å². The SMILES string of the molecule is CC(=O)N(CCC(=O)NCC(C)C)c1c(F)cccc1F. The molecule has 2 amide bonds. The Bertz CT molecular complexity index is 498. The molecule has 116 valence electrons. The zero-order chi connectivity index (χ0) is 16.0. The van der Waals surface area contributed by atoms with Gasteiger partial charge < -0.3 is 10.2 Å². The van der Waals surface area contributed by atoms with Crippen LogP contribution < -0.4 is 10.2 Å². The smallest absolute Gasteiger partial charge is 0.224 e. The summed E-state index contributed by atoms with van der Waals surface area (Å²) in [5.74, 6) is -2.12. The molecule has 6 heteroatoms. The fourth-order valence-corrected chi connectivity index (χ4v) is 1.79. The number of carbonyl (C=O) groups excluding carboxylic acids is 2. The van der Waals surface area contributed by atoms with Crippen LogP contribution >= 0.6 is 0 Å². The third-order valence-electron chi connectivity index (χ3n) is 2.86. The van der Waals surface area contributed by atoms with Gasteiger partial charge in [-0.05, 0) is 18.1 Å². The molecule has 1 aromatic carbocycles. The first-order chi connectivity index (χ1) is 9.82. The number of benzene rings is 1. The van der Waals surface area contributed by atoms with Crippen molar-refractivity contribution in [3.8, 4) is 0 Å². The zero-order valence-corrected chi connectivity index (χ0v) is 12.5. The Morgan fingerprint density at radius 1 is 1.24 bits per heavy atom.